The summed E-state index contributed by atoms with van der Waals surface area (Å²) in [6, 6.07) is 1.03. The molecular weight excluding hydrogens is 200 g/mol. The zero-order valence-electron chi connectivity index (χ0n) is 7.22. The first-order valence-corrected chi connectivity index (χ1v) is 9.82. The minimum Gasteiger partial charge on any atom is -0.212 e. The molecule has 0 aromatic rings. The SMILES string of the molecule is C[Si](C)(C)CCCS(=O)(=O)Cl. The molecule has 11 heavy (non-hydrogen) atoms. The predicted molar refractivity (Wildman–Crippen MR) is 52.4 cm³/mol. The number of hydrogen-bond acceptors (Lipinski definition) is 2. The third-order valence-electron chi connectivity index (χ3n) is 1.31. The fourth-order valence-electron chi connectivity index (χ4n) is 0.775. The van der Waals surface area contributed by atoms with Crippen molar-refractivity contribution in [1.29, 1.82) is 0 Å². The van der Waals surface area contributed by atoms with Gasteiger partial charge in [-0.1, -0.05) is 25.7 Å². The highest BCUT2D eigenvalue weighted by Crippen LogP contribution is 2.12. The lowest BCUT2D eigenvalue weighted by Crippen LogP contribution is -2.19. The van der Waals surface area contributed by atoms with Crippen LogP contribution in [0, 0.1) is 0 Å². The fraction of sp³-hybridized carbons (Fsp3) is 1.00. The van der Waals surface area contributed by atoms with Crippen molar-refractivity contribution < 1.29 is 8.42 Å². The Kier molecular flexibility index (Phi) is 4.08. The summed E-state index contributed by atoms with van der Waals surface area (Å²) in [5.41, 5.74) is 0. The lowest BCUT2D eigenvalue weighted by atomic mass is 10.6. The van der Waals surface area contributed by atoms with Crippen LogP contribution in [0.15, 0.2) is 0 Å². The van der Waals surface area contributed by atoms with E-state index in [0.29, 0.717) is 6.42 Å². The Labute approximate surface area is 74.4 Å². The van der Waals surface area contributed by atoms with Crippen LogP contribution >= 0.6 is 10.7 Å². The zero-order chi connectivity index (χ0) is 9.12. The van der Waals surface area contributed by atoms with Gasteiger partial charge in [0.05, 0.1) is 5.75 Å². The summed E-state index contributed by atoms with van der Waals surface area (Å²) >= 11 is 0. The van der Waals surface area contributed by atoms with Crippen LogP contribution in [0.2, 0.25) is 25.7 Å². The molecule has 0 spiro atoms. The molecule has 0 saturated heterocycles. The number of halogens is 1. The molecular formula is C6H15ClO2SSi. The standard InChI is InChI=1S/C6H15ClO2SSi/c1-11(2,3)6-4-5-10(7,8)9/h4-6H2,1-3H3. The molecule has 0 amide bonds. The lowest BCUT2D eigenvalue weighted by molar-refractivity contribution is 0.608. The smallest absolute Gasteiger partial charge is 0.212 e. The highest BCUT2D eigenvalue weighted by atomic mass is 35.7. The Morgan fingerprint density at radius 1 is 1.27 bits per heavy atom. The zero-order valence-corrected chi connectivity index (χ0v) is 9.80. The first-order chi connectivity index (χ1) is 4.71. The molecule has 0 aliphatic carbocycles. The van der Waals surface area contributed by atoms with Gasteiger partial charge in [0.1, 0.15) is 0 Å². The van der Waals surface area contributed by atoms with Crippen LogP contribution < -0.4 is 0 Å². The highest BCUT2D eigenvalue weighted by molar-refractivity contribution is 8.13. The minimum atomic E-state index is -3.25. The van der Waals surface area contributed by atoms with Gasteiger partial charge in [0.2, 0.25) is 9.05 Å². The third kappa shape index (κ3) is 10.5. The summed E-state index contributed by atoms with van der Waals surface area (Å²) in [6.07, 6.45) is 0.710. The van der Waals surface area contributed by atoms with Crippen LogP contribution in [0.4, 0.5) is 0 Å². The van der Waals surface area contributed by atoms with E-state index in [4.69, 9.17) is 10.7 Å². The van der Waals surface area contributed by atoms with Gasteiger partial charge < -0.3 is 0 Å². The minimum absolute atomic E-state index is 0.124. The van der Waals surface area contributed by atoms with E-state index in [1.807, 2.05) is 0 Å². The van der Waals surface area contributed by atoms with Crippen molar-refractivity contribution in [2.45, 2.75) is 32.1 Å². The molecule has 0 aromatic heterocycles. The van der Waals surface area contributed by atoms with Gasteiger partial charge in [-0.2, -0.15) is 0 Å². The summed E-state index contributed by atoms with van der Waals surface area (Å²) in [6.45, 7) is 6.65. The first-order valence-electron chi connectivity index (χ1n) is 3.63. The maximum absolute atomic E-state index is 10.5. The number of hydrogen-bond donors (Lipinski definition) is 0. The van der Waals surface area contributed by atoms with Crippen LogP contribution in [0.5, 0.6) is 0 Å². The van der Waals surface area contributed by atoms with Crippen LogP contribution in [0.1, 0.15) is 6.42 Å². The van der Waals surface area contributed by atoms with E-state index in [-0.39, 0.29) is 5.75 Å². The summed E-state index contributed by atoms with van der Waals surface area (Å²) in [4.78, 5) is 0. The summed E-state index contributed by atoms with van der Waals surface area (Å²) in [7, 11) is 0.717. The quantitative estimate of drug-likeness (QED) is 0.532. The first kappa shape index (κ1) is 11.5. The van der Waals surface area contributed by atoms with E-state index in [2.05, 4.69) is 19.6 Å². The summed E-state index contributed by atoms with van der Waals surface area (Å²) < 4.78 is 21.0. The van der Waals surface area contributed by atoms with Crippen molar-refractivity contribution in [3.63, 3.8) is 0 Å². The molecule has 0 heterocycles. The largest absolute Gasteiger partial charge is 0.232 e. The molecule has 0 aromatic carbocycles. The molecule has 68 valence electrons. The van der Waals surface area contributed by atoms with Gasteiger partial charge in [0, 0.05) is 18.8 Å². The molecule has 0 aliphatic rings. The normalized spacial score (nSPS) is 13.5. The van der Waals surface area contributed by atoms with Crippen LogP contribution in [0.25, 0.3) is 0 Å². The van der Waals surface area contributed by atoms with Gasteiger partial charge in [-0.25, -0.2) is 8.42 Å². The summed E-state index contributed by atoms with van der Waals surface area (Å²) in [5, 5.41) is 0. The second-order valence-electron chi connectivity index (χ2n) is 3.91. The van der Waals surface area contributed by atoms with Gasteiger partial charge in [-0.15, -0.1) is 0 Å². The maximum atomic E-state index is 10.5. The molecule has 0 saturated carbocycles. The molecule has 0 bridgehead atoms. The van der Waals surface area contributed by atoms with Crippen molar-refractivity contribution in [1.82, 2.24) is 0 Å². The van der Waals surface area contributed by atoms with Gasteiger partial charge in [0.15, 0.2) is 0 Å². The van der Waals surface area contributed by atoms with E-state index >= 15 is 0 Å². The third-order valence-corrected chi connectivity index (χ3v) is 4.41. The van der Waals surface area contributed by atoms with E-state index < -0.39 is 17.1 Å². The van der Waals surface area contributed by atoms with E-state index in [0.717, 1.165) is 6.04 Å². The van der Waals surface area contributed by atoms with Gasteiger partial charge >= 0.3 is 0 Å². The molecule has 0 fully saturated rings. The molecule has 0 unspecified atom stereocenters. The van der Waals surface area contributed by atoms with Crippen molar-refractivity contribution in [3.8, 4) is 0 Å². The lowest BCUT2D eigenvalue weighted by Gasteiger charge is -2.13. The van der Waals surface area contributed by atoms with Gasteiger partial charge in [0.25, 0.3) is 0 Å². The Balaban J connectivity index is 3.61. The topological polar surface area (TPSA) is 34.1 Å². The van der Waals surface area contributed by atoms with Crippen LogP contribution in [-0.4, -0.2) is 22.2 Å². The van der Waals surface area contributed by atoms with Crippen molar-refractivity contribution >= 4 is 27.8 Å². The molecule has 5 heteroatoms. The molecule has 0 radical (unpaired) electrons. The average Bonchev–Trinajstić information content (AvgIpc) is 1.55. The van der Waals surface area contributed by atoms with Crippen molar-refractivity contribution in [2.75, 3.05) is 5.75 Å². The second kappa shape index (κ2) is 3.91. The Bertz CT molecular complexity index is 205. The van der Waals surface area contributed by atoms with E-state index in [1.165, 1.54) is 0 Å². The van der Waals surface area contributed by atoms with Crippen LogP contribution in [-0.2, 0) is 9.05 Å². The van der Waals surface area contributed by atoms with Crippen molar-refractivity contribution in [3.05, 3.63) is 0 Å². The van der Waals surface area contributed by atoms with E-state index in [9.17, 15) is 8.42 Å². The Morgan fingerprint density at radius 3 is 2.00 bits per heavy atom. The Morgan fingerprint density at radius 2 is 1.73 bits per heavy atom. The van der Waals surface area contributed by atoms with Gasteiger partial charge in [-0.05, 0) is 6.42 Å². The monoisotopic (exact) mass is 214 g/mol. The highest BCUT2D eigenvalue weighted by Gasteiger charge is 2.14. The second-order valence-corrected chi connectivity index (χ2v) is 12.4. The predicted octanol–water partition coefficient (Wildman–Crippen LogP) is 2.28. The molecule has 0 rings (SSSR count). The van der Waals surface area contributed by atoms with Gasteiger partial charge in [-0.3, -0.25) is 0 Å². The average molecular weight is 215 g/mol. The summed E-state index contributed by atoms with van der Waals surface area (Å²) in [5.74, 6) is 0.124. The maximum Gasteiger partial charge on any atom is 0.232 e. The molecule has 2 nitrogen and oxygen atoms in total. The van der Waals surface area contributed by atoms with E-state index in [1.54, 1.807) is 0 Å². The number of rotatable bonds is 4. The molecule has 0 atom stereocenters. The van der Waals surface area contributed by atoms with Crippen molar-refractivity contribution in [2.24, 2.45) is 0 Å². The Hall–Kier alpha value is 0.457. The molecule has 0 N–H and O–H groups in total. The van der Waals surface area contributed by atoms with Crippen LogP contribution in [0.3, 0.4) is 0 Å². The molecule has 0 aliphatic heterocycles. The fourth-order valence-corrected chi connectivity index (χ4v) is 3.09.